The van der Waals surface area contributed by atoms with E-state index in [4.69, 9.17) is 20.4 Å². The van der Waals surface area contributed by atoms with E-state index in [-0.39, 0.29) is 5.56 Å². The molecule has 1 aromatic heterocycles. The molecule has 0 fully saturated rings. The quantitative estimate of drug-likeness (QED) is 0.380. The van der Waals surface area contributed by atoms with Gasteiger partial charge in [-0.15, -0.1) is 0 Å². The number of benzene rings is 3. The van der Waals surface area contributed by atoms with E-state index in [1.165, 1.54) is 0 Å². The summed E-state index contributed by atoms with van der Waals surface area (Å²) in [7, 11) is 0. The van der Waals surface area contributed by atoms with Crippen molar-refractivity contribution in [1.29, 1.82) is 0 Å². The number of nitrogens with zero attached hydrogens (tertiary/aromatic N) is 2. The first-order chi connectivity index (χ1) is 16.0. The fraction of sp³-hybridized carbons (Fsp3) is 0.0870. The molecule has 0 aliphatic heterocycles. The average Bonchev–Trinajstić information content (AvgIpc) is 3.09. The SMILES string of the molecule is Nc1nc2ccc(Oc3ccccc3)cc2n1Cc1cccc(C(=O)O)c1.O=C(O)C(F)(F)F. The maximum atomic E-state index is 11.2. The number of anilines is 1. The molecular formula is C23H18F3N3O5. The van der Waals surface area contributed by atoms with E-state index in [1.807, 2.05) is 59.2 Å². The molecule has 3 aromatic carbocycles. The molecule has 0 aliphatic carbocycles. The second-order valence-corrected chi connectivity index (χ2v) is 6.93. The first-order valence-corrected chi connectivity index (χ1v) is 9.65. The molecular weight excluding hydrogens is 455 g/mol. The molecule has 0 atom stereocenters. The predicted octanol–water partition coefficient (Wildman–Crippen LogP) is 4.79. The van der Waals surface area contributed by atoms with Crippen LogP contribution in [-0.4, -0.2) is 37.9 Å². The van der Waals surface area contributed by atoms with Gasteiger partial charge in [0.1, 0.15) is 11.5 Å². The number of carboxylic acids is 2. The zero-order chi connectivity index (χ0) is 24.9. The van der Waals surface area contributed by atoms with Gasteiger partial charge < -0.3 is 25.3 Å². The number of rotatable bonds is 5. The molecule has 4 N–H and O–H groups in total. The van der Waals surface area contributed by atoms with Crippen LogP contribution in [0.3, 0.4) is 0 Å². The van der Waals surface area contributed by atoms with E-state index < -0.39 is 18.1 Å². The molecule has 0 aliphatic rings. The second-order valence-electron chi connectivity index (χ2n) is 6.93. The number of hydrogen-bond donors (Lipinski definition) is 3. The molecule has 8 nitrogen and oxygen atoms in total. The highest BCUT2D eigenvalue weighted by Crippen LogP contribution is 2.27. The molecule has 0 radical (unpaired) electrons. The van der Waals surface area contributed by atoms with Crippen LogP contribution in [0.4, 0.5) is 19.1 Å². The molecule has 0 unspecified atom stereocenters. The minimum Gasteiger partial charge on any atom is -0.478 e. The number of halogens is 3. The fourth-order valence-corrected chi connectivity index (χ4v) is 2.96. The van der Waals surface area contributed by atoms with E-state index in [0.29, 0.717) is 18.2 Å². The monoisotopic (exact) mass is 473 g/mol. The van der Waals surface area contributed by atoms with Gasteiger partial charge in [-0.3, -0.25) is 0 Å². The van der Waals surface area contributed by atoms with Gasteiger partial charge in [0.2, 0.25) is 5.95 Å². The Morgan fingerprint density at radius 2 is 1.62 bits per heavy atom. The van der Waals surface area contributed by atoms with Gasteiger partial charge in [-0.2, -0.15) is 13.2 Å². The van der Waals surface area contributed by atoms with Crippen molar-refractivity contribution in [3.8, 4) is 11.5 Å². The minimum atomic E-state index is -5.08. The van der Waals surface area contributed by atoms with E-state index >= 15 is 0 Å². The Morgan fingerprint density at radius 3 is 2.24 bits per heavy atom. The molecule has 4 rings (SSSR count). The number of hydrogen-bond acceptors (Lipinski definition) is 5. The number of imidazole rings is 1. The number of carbonyl (C=O) groups is 2. The molecule has 34 heavy (non-hydrogen) atoms. The van der Waals surface area contributed by atoms with Crippen LogP contribution in [0.2, 0.25) is 0 Å². The average molecular weight is 473 g/mol. The standard InChI is InChI=1S/C21H17N3O3.C2HF3O2/c22-21-23-18-10-9-17(27-16-7-2-1-3-8-16)12-19(18)24(21)13-14-5-4-6-15(11-14)20(25)26;3-2(4,5)1(6)7/h1-12H,13H2,(H2,22,23)(H,25,26);(H,6,7). The van der Waals surface area contributed by atoms with Gasteiger partial charge in [0.25, 0.3) is 0 Å². The van der Waals surface area contributed by atoms with Crippen molar-refractivity contribution in [2.45, 2.75) is 12.7 Å². The number of nitrogen functional groups attached to an aromatic ring is 1. The van der Waals surface area contributed by atoms with Crippen LogP contribution in [0.1, 0.15) is 15.9 Å². The molecule has 0 bridgehead atoms. The summed E-state index contributed by atoms with van der Waals surface area (Å²) in [4.78, 5) is 24.5. The topological polar surface area (TPSA) is 128 Å². The number of nitrogens with two attached hydrogens (primary N) is 1. The van der Waals surface area contributed by atoms with E-state index in [0.717, 1.165) is 22.3 Å². The number of carboxylic acid groups (broad SMARTS) is 2. The maximum absolute atomic E-state index is 11.2. The summed E-state index contributed by atoms with van der Waals surface area (Å²) < 4.78 is 39.5. The van der Waals surface area contributed by atoms with Crippen LogP contribution in [0.5, 0.6) is 11.5 Å². The summed E-state index contributed by atoms with van der Waals surface area (Å²) in [5.41, 5.74) is 8.74. The Hall–Kier alpha value is -4.54. The Bertz CT molecular complexity index is 1320. The molecule has 176 valence electrons. The van der Waals surface area contributed by atoms with Crippen molar-refractivity contribution in [2.75, 3.05) is 5.73 Å². The Morgan fingerprint density at radius 1 is 0.941 bits per heavy atom. The van der Waals surface area contributed by atoms with E-state index in [1.54, 1.807) is 18.2 Å². The van der Waals surface area contributed by atoms with Crippen molar-refractivity contribution in [3.63, 3.8) is 0 Å². The third-order valence-corrected chi connectivity index (χ3v) is 4.49. The van der Waals surface area contributed by atoms with Crippen LogP contribution in [0.25, 0.3) is 11.0 Å². The predicted molar refractivity (Wildman–Crippen MR) is 117 cm³/mol. The van der Waals surface area contributed by atoms with Crippen LogP contribution >= 0.6 is 0 Å². The van der Waals surface area contributed by atoms with Crippen LogP contribution in [0.15, 0.2) is 72.8 Å². The first-order valence-electron chi connectivity index (χ1n) is 9.65. The molecule has 11 heteroatoms. The van der Waals surface area contributed by atoms with Crippen molar-refractivity contribution in [1.82, 2.24) is 9.55 Å². The third-order valence-electron chi connectivity index (χ3n) is 4.49. The highest BCUT2D eigenvalue weighted by atomic mass is 19.4. The highest BCUT2D eigenvalue weighted by molar-refractivity contribution is 5.87. The summed E-state index contributed by atoms with van der Waals surface area (Å²) in [5.74, 6) is -1.94. The number of para-hydroxylation sites is 1. The summed E-state index contributed by atoms with van der Waals surface area (Å²) in [6.45, 7) is 0.415. The van der Waals surface area contributed by atoms with Gasteiger partial charge in [-0.05, 0) is 42.0 Å². The van der Waals surface area contributed by atoms with Crippen LogP contribution in [0, 0.1) is 0 Å². The zero-order valence-electron chi connectivity index (χ0n) is 17.4. The Kier molecular flexibility index (Phi) is 7.05. The number of aliphatic carboxylic acids is 1. The van der Waals surface area contributed by atoms with Crippen LogP contribution in [-0.2, 0) is 11.3 Å². The number of alkyl halides is 3. The minimum absolute atomic E-state index is 0.239. The van der Waals surface area contributed by atoms with Crippen LogP contribution < -0.4 is 10.5 Å². The summed E-state index contributed by atoms with van der Waals surface area (Å²) in [6.07, 6.45) is -5.08. The molecule has 0 amide bonds. The van der Waals surface area contributed by atoms with E-state index in [2.05, 4.69) is 4.98 Å². The second kappa shape index (κ2) is 9.94. The fourth-order valence-electron chi connectivity index (χ4n) is 2.96. The Labute approximate surface area is 190 Å². The van der Waals surface area contributed by atoms with Gasteiger partial charge in [-0.1, -0.05) is 30.3 Å². The van der Waals surface area contributed by atoms with Gasteiger partial charge in [-0.25, -0.2) is 14.6 Å². The lowest BCUT2D eigenvalue weighted by atomic mass is 10.1. The smallest absolute Gasteiger partial charge is 0.478 e. The number of aromatic carboxylic acids is 1. The molecule has 4 aromatic rings. The lowest BCUT2D eigenvalue weighted by molar-refractivity contribution is -0.192. The summed E-state index contributed by atoms with van der Waals surface area (Å²) >= 11 is 0. The summed E-state index contributed by atoms with van der Waals surface area (Å²) in [5, 5.41) is 16.3. The van der Waals surface area contributed by atoms with Crippen molar-refractivity contribution < 1.29 is 37.7 Å². The highest BCUT2D eigenvalue weighted by Gasteiger charge is 2.38. The number of aromatic nitrogens is 2. The third kappa shape index (κ3) is 6.03. The van der Waals surface area contributed by atoms with Crippen molar-refractivity contribution in [2.24, 2.45) is 0 Å². The lowest BCUT2D eigenvalue weighted by Crippen LogP contribution is -2.21. The van der Waals surface area contributed by atoms with Gasteiger partial charge in [0.15, 0.2) is 0 Å². The molecule has 0 saturated carbocycles. The molecule has 1 heterocycles. The van der Waals surface area contributed by atoms with Crippen molar-refractivity contribution >= 4 is 28.9 Å². The zero-order valence-corrected chi connectivity index (χ0v) is 17.4. The molecule has 0 spiro atoms. The summed E-state index contributed by atoms with van der Waals surface area (Å²) in [6, 6.07) is 21.9. The van der Waals surface area contributed by atoms with Gasteiger partial charge in [0, 0.05) is 6.07 Å². The largest absolute Gasteiger partial charge is 0.490 e. The van der Waals surface area contributed by atoms with Gasteiger partial charge in [0.05, 0.1) is 23.1 Å². The first kappa shape index (κ1) is 24.1. The lowest BCUT2D eigenvalue weighted by Gasteiger charge is -2.09. The Balaban J connectivity index is 0.000000406. The van der Waals surface area contributed by atoms with E-state index in [9.17, 15) is 23.1 Å². The van der Waals surface area contributed by atoms with Crippen molar-refractivity contribution in [3.05, 3.63) is 83.9 Å². The molecule has 0 saturated heterocycles. The normalized spacial score (nSPS) is 10.9. The number of fused-ring (bicyclic) bond motifs is 1. The maximum Gasteiger partial charge on any atom is 0.490 e. The number of ether oxygens (including phenoxy) is 1. The van der Waals surface area contributed by atoms with Gasteiger partial charge >= 0.3 is 18.1 Å².